The topological polar surface area (TPSA) is 70.8 Å². The summed E-state index contributed by atoms with van der Waals surface area (Å²) in [6.45, 7) is 10.1. The normalized spacial score (nSPS) is 16.8. The third-order valence-electron chi connectivity index (χ3n) is 3.45. The Labute approximate surface area is 131 Å². The zero-order valence-corrected chi connectivity index (χ0v) is 13.7. The summed E-state index contributed by atoms with van der Waals surface area (Å²) < 4.78 is 7.13. The number of rotatable bonds is 4. The van der Waals surface area contributed by atoms with Crippen LogP contribution >= 0.6 is 0 Å². The highest BCUT2D eigenvalue weighted by molar-refractivity contribution is 5.68. The predicted octanol–water partition coefficient (Wildman–Crippen LogP) is 0.928. The molecule has 7 nitrogen and oxygen atoms in total. The molecule has 124 valence electrons. The Bertz CT molecular complexity index is 487. The van der Waals surface area contributed by atoms with Crippen molar-refractivity contribution in [3.63, 3.8) is 0 Å². The lowest BCUT2D eigenvalue weighted by atomic mass is 10.2. The van der Waals surface area contributed by atoms with E-state index in [4.69, 9.17) is 9.84 Å². The first-order valence-corrected chi connectivity index (χ1v) is 7.70. The summed E-state index contributed by atoms with van der Waals surface area (Å²) in [5, 5.41) is 13.1. The first kappa shape index (κ1) is 16.8. The van der Waals surface area contributed by atoms with Gasteiger partial charge in [-0.25, -0.2) is 4.79 Å². The summed E-state index contributed by atoms with van der Waals surface area (Å²) in [5.41, 5.74) is 0.675. The van der Waals surface area contributed by atoms with Crippen LogP contribution in [0.3, 0.4) is 0 Å². The number of carbonyl (C=O) groups excluding carboxylic acids is 1. The first-order chi connectivity index (χ1) is 10.4. The van der Waals surface area contributed by atoms with E-state index in [0.29, 0.717) is 19.6 Å². The first-order valence-electron chi connectivity index (χ1n) is 7.70. The fourth-order valence-corrected chi connectivity index (χ4v) is 2.39. The highest BCUT2D eigenvalue weighted by Crippen LogP contribution is 2.13. The summed E-state index contributed by atoms with van der Waals surface area (Å²) in [4.78, 5) is 16.1. The Kier molecular flexibility index (Phi) is 5.42. The molecule has 0 unspecified atom stereocenters. The fourth-order valence-electron chi connectivity index (χ4n) is 2.39. The molecule has 0 atom stereocenters. The molecule has 1 aliphatic heterocycles. The molecule has 0 spiro atoms. The zero-order valence-electron chi connectivity index (χ0n) is 13.7. The van der Waals surface area contributed by atoms with Crippen LogP contribution in [-0.2, 0) is 17.8 Å². The van der Waals surface area contributed by atoms with Crippen molar-refractivity contribution in [2.75, 3.05) is 32.8 Å². The molecule has 1 aliphatic rings. The van der Waals surface area contributed by atoms with E-state index in [1.54, 1.807) is 9.58 Å². The van der Waals surface area contributed by atoms with E-state index in [1.165, 1.54) is 0 Å². The molecule has 1 aromatic rings. The van der Waals surface area contributed by atoms with Crippen LogP contribution in [0.5, 0.6) is 0 Å². The minimum atomic E-state index is -0.449. The molecule has 2 rings (SSSR count). The van der Waals surface area contributed by atoms with Crippen LogP contribution in [0.15, 0.2) is 12.4 Å². The predicted molar refractivity (Wildman–Crippen MR) is 82.4 cm³/mol. The number of aliphatic hydroxyl groups excluding tert-OH is 1. The van der Waals surface area contributed by atoms with Gasteiger partial charge in [-0.15, -0.1) is 0 Å². The second-order valence-corrected chi connectivity index (χ2v) is 6.58. The molecule has 1 N–H and O–H groups in total. The maximum atomic E-state index is 12.0. The standard InChI is InChI=1S/C15H26N4O3/c1-15(2,3)22-14(21)18-6-4-17(5-7-18)11-13-10-16-19(12-13)8-9-20/h10,12,20H,4-9,11H2,1-3H3. The minimum Gasteiger partial charge on any atom is -0.444 e. The average Bonchev–Trinajstić information content (AvgIpc) is 2.85. The van der Waals surface area contributed by atoms with E-state index in [-0.39, 0.29) is 12.7 Å². The van der Waals surface area contributed by atoms with Crippen LogP contribution in [0.2, 0.25) is 0 Å². The van der Waals surface area contributed by atoms with Crippen molar-refractivity contribution in [1.29, 1.82) is 0 Å². The van der Waals surface area contributed by atoms with Gasteiger partial charge in [0.15, 0.2) is 0 Å². The van der Waals surface area contributed by atoms with Crippen LogP contribution in [0.1, 0.15) is 26.3 Å². The number of amides is 1. The van der Waals surface area contributed by atoms with Gasteiger partial charge in [0.05, 0.1) is 19.3 Å². The maximum Gasteiger partial charge on any atom is 0.410 e. The van der Waals surface area contributed by atoms with Gasteiger partial charge in [0.2, 0.25) is 0 Å². The SMILES string of the molecule is CC(C)(C)OC(=O)N1CCN(Cc2cnn(CCO)c2)CC1. The molecule has 22 heavy (non-hydrogen) atoms. The summed E-state index contributed by atoms with van der Waals surface area (Å²) in [7, 11) is 0. The third kappa shape index (κ3) is 4.99. The van der Waals surface area contributed by atoms with Gasteiger partial charge in [-0.1, -0.05) is 0 Å². The van der Waals surface area contributed by atoms with Crippen molar-refractivity contribution < 1.29 is 14.6 Å². The van der Waals surface area contributed by atoms with E-state index in [2.05, 4.69) is 10.00 Å². The molecular weight excluding hydrogens is 284 g/mol. The van der Waals surface area contributed by atoms with Crippen molar-refractivity contribution in [3.8, 4) is 0 Å². The van der Waals surface area contributed by atoms with Crippen molar-refractivity contribution in [3.05, 3.63) is 18.0 Å². The van der Waals surface area contributed by atoms with E-state index in [9.17, 15) is 4.79 Å². The van der Waals surface area contributed by atoms with Crippen LogP contribution in [0, 0.1) is 0 Å². The monoisotopic (exact) mass is 310 g/mol. The smallest absolute Gasteiger partial charge is 0.410 e. The van der Waals surface area contributed by atoms with E-state index in [0.717, 1.165) is 25.2 Å². The van der Waals surface area contributed by atoms with Crippen molar-refractivity contribution in [2.24, 2.45) is 0 Å². The number of nitrogens with zero attached hydrogens (tertiary/aromatic N) is 4. The van der Waals surface area contributed by atoms with Gasteiger partial charge in [0, 0.05) is 44.5 Å². The Morgan fingerprint density at radius 2 is 2.00 bits per heavy atom. The lowest BCUT2D eigenvalue weighted by Crippen LogP contribution is -2.49. The van der Waals surface area contributed by atoms with Crippen molar-refractivity contribution in [2.45, 2.75) is 39.5 Å². The Balaban J connectivity index is 1.78. The fraction of sp³-hybridized carbons (Fsp3) is 0.733. The molecule has 2 heterocycles. The summed E-state index contributed by atoms with van der Waals surface area (Å²) in [6, 6.07) is 0. The van der Waals surface area contributed by atoms with Crippen molar-refractivity contribution >= 4 is 6.09 Å². The third-order valence-corrected chi connectivity index (χ3v) is 3.45. The number of aromatic nitrogens is 2. The second-order valence-electron chi connectivity index (χ2n) is 6.58. The van der Waals surface area contributed by atoms with Crippen molar-refractivity contribution in [1.82, 2.24) is 19.6 Å². The van der Waals surface area contributed by atoms with Gasteiger partial charge in [0.25, 0.3) is 0 Å². The maximum absolute atomic E-state index is 12.0. The Hall–Kier alpha value is -1.60. The van der Waals surface area contributed by atoms with Gasteiger partial charge in [0.1, 0.15) is 5.60 Å². The molecule has 0 bridgehead atoms. The number of hydrogen-bond donors (Lipinski definition) is 1. The lowest BCUT2D eigenvalue weighted by Gasteiger charge is -2.35. The van der Waals surface area contributed by atoms with Gasteiger partial charge in [-0.05, 0) is 20.8 Å². The Morgan fingerprint density at radius 1 is 1.32 bits per heavy atom. The summed E-state index contributed by atoms with van der Waals surface area (Å²) in [6.07, 6.45) is 3.55. The number of piperazine rings is 1. The summed E-state index contributed by atoms with van der Waals surface area (Å²) in [5.74, 6) is 0. The highest BCUT2D eigenvalue weighted by Gasteiger charge is 2.25. The molecular formula is C15H26N4O3. The van der Waals surface area contributed by atoms with Gasteiger partial charge in [-0.3, -0.25) is 9.58 Å². The molecule has 1 fully saturated rings. The molecule has 0 saturated carbocycles. The average molecular weight is 310 g/mol. The van der Waals surface area contributed by atoms with Crippen LogP contribution in [0.25, 0.3) is 0 Å². The molecule has 1 aromatic heterocycles. The van der Waals surface area contributed by atoms with Gasteiger partial charge in [-0.2, -0.15) is 5.10 Å². The Morgan fingerprint density at radius 3 is 2.59 bits per heavy atom. The lowest BCUT2D eigenvalue weighted by molar-refractivity contribution is 0.0139. The molecule has 1 saturated heterocycles. The largest absolute Gasteiger partial charge is 0.444 e. The second kappa shape index (κ2) is 7.11. The van der Waals surface area contributed by atoms with Gasteiger partial charge >= 0.3 is 6.09 Å². The number of carbonyl (C=O) groups is 1. The molecule has 0 radical (unpaired) electrons. The quantitative estimate of drug-likeness (QED) is 0.896. The van der Waals surface area contributed by atoms with Crippen LogP contribution in [0.4, 0.5) is 4.79 Å². The highest BCUT2D eigenvalue weighted by atomic mass is 16.6. The van der Waals surface area contributed by atoms with E-state index >= 15 is 0 Å². The zero-order chi connectivity index (χ0) is 16.2. The summed E-state index contributed by atoms with van der Waals surface area (Å²) >= 11 is 0. The van der Waals surface area contributed by atoms with E-state index < -0.39 is 5.60 Å². The minimum absolute atomic E-state index is 0.0929. The van der Waals surface area contributed by atoms with Crippen LogP contribution < -0.4 is 0 Å². The molecule has 0 aromatic carbocycles. The number of aliphatic hydroxyl groups is 1. The van der Waals surface area contributed by atoms with Gasteiger partial charge < -0.3 is 14.7 Å². The van der Waals surface area contributed by atoms with E-state index in [1.807, 2.05) is 33.2 Å². The number of ether oxygens (including phenoxy) is 1. The van der Waals surface area contributed by atoms with Crippen LogP contribution in [-0.4, -0.2) is 69.2 Å². The molecule has 7 heteroatoms. The number of hydrogen-bond acceptors (Lipinski definition) is 5. The molecule has 0 aliphatic carbocycles. The molecule has 1 amide bonds.